The van der Waals surface area contributed by atoms with Gasteiger partial charge in [-0.1, -0.05) is 6.07 Å². The molecule has 0 fully saturated rings. The van der Waals surface area contributed by atoms with Crippen LogP contribution in [0.3, 0.4) is 0 Å². The highest BCUT2D eigenvalue weighted by atomic mass is 32.2. The molecule has 3 aromatic rings. The lowest BCUT2D eigenvalue weighted by Gasteiger charge is -2.16. The summed E-state index contributed by atoms with van der Waals surface area (Å²) >= 11 is 1.14. The van der Waals surface area contributed by atoms with Crippen LogP contribution in [0.15, 0.2) is 62.5 Å². The number of nitrogens with zero attached hydrogens (tertiary/aromatic N) is 1. The van der Waals surface area contributed by atoms with Gasteiger partial charge >= 0.3 is 0 Å². The van der Waals surface area contributed by atoms with E-state index in [0.717, 1.165) is 17.1 Å². The number of aryl methyl sites for hydroxylation is 1. The van der Waals surface area contributed by atoms with Gasteiger partial charge in [-0.15, -0.1) is 11.3 Å². The summed E-state index contributed by atoms with van der Waals surface area (Å²) in [5.41, 5.74) is 0.870. The number of hydrogen-bond acceptors (Lipinski definition) is 5. The SMILES string of the molecule is Cc1ccc(CN(C)C(=O)c2ccc(NS(=O)(=O)c3cccs3)cc2)o1. The Morgan fingerprint density at radius 3 is 2.46 bits per heavy atom. The van der Waals surface area contributed by atoms with Crippen LogP contribution in [0.25, 0.3) is 0 Å². The Morgan fingerprint density at radius 1 is 1.15 bits per heavy atom. The highest BCUT2D eigenvalue weighted by Gasteiger charge is 2.17. The molecule has 0 aliphatic carbocycles. The summed E-state index contributed by atoms with van der Waals surface area (Å²) in [6, 6.07) is 13.2. The second kappa shape index (κ2) is 7.35. The van der Waals surface area contributed by atoms with E-state index in [2.05, 4.69) is 4.72 Å². The maximum atomic E-state index is 12.5. The van der Waals surface area contributed by atoms with Gasteiger partial charge in [0, 0.05) is 18.3 Å². The standard InChI is InChI=1S/C18H18N2O4S2/c1-13-5-10-16(24-13)12-20(2)18(21)14-6-8-15(9-7-14)19-26(22,23)17-4-3-11-25-17/h3-11,19H,12H2,1-2H3. The van der Waals surface area contributed by atoms with Crippen molar-refractivity contribution in [2.75, 3.05) is 11.8 Å². The normalized spacial score (nSPS) is 11.3. The molecule has 1 N–H and O–H groups in total. The molecule has 0 spiro atoms. The Hall–Kier alpha value is -2.58. The predicted octanol–water partition coefficient (Wildman–Crippen LogP) is 3.72. The zero-order chi connectivity index (χ0) is 18.7. The van der Waals surface area contributed by atoms with Gasteiger partial charge in [0.05, 0.1) is 6.54 Å². The third kappa shape index (κ3) is 4.14. The molecule has 0 radical (unpaired) electrons. The van der Waals surface area contributed by atoms with E-state index in [1.165, 1.54) is 6.07 Å². The van der Waals surface area contributed by atoms with Crippen LogP contribution in [-0.4, -0.2) is 26.3 Å². The van der Waals surface area contributed by atoms with Gasteiger partial charge in [0.2, 0.25) is 0 Å². The number of benzene rings is 1. The number of carbonyl (C=O) groups is 1. The van der Waals surface area contributed by atoms with E-state index in [1.807, 2.05) is 19.1 Å². The molecule has 1 amide bonds. The first-order chi connectivity index (χ1) is 12.3. The van der Waals surface area contributed by atoms with Crippen molar-refractivity contribution in [1.82, 2.24) is 4.90 Å². The van der Waals surface area contributed by atoms with Crippen molar-refractivity contribution >= 4 is 33.0 Å². The predicted molar refractivity (Wildman–Crippen MR) is 101 cm³/mol. The third-order valence-electron chi connectivity index (χ3n) is 3.68. The van der Waals surface area contributed by atoms with Crippen molar-refractivity contribution in [3.8, 4) is 0 Å². The highest BCUT2D eigenvalue weighted by Crippen LogP contribution is 2.21. The third-order valence-corrected chi connectivity index (χ3v) is 6.46. The van der Waals surface area contributed by atoms with E-state index in [4.69, 9.17) is 4.42 Å². The lowest BCUT2D eigenvalue weighted by molar-refractivity contribution is 0.0775. The van der Waals surface area contributed by atoms with Gasteiger partial charge < -0.3 is 9.32 Å². The van der Waals surface area contributed by atoms with Gasteiger partial charge in [-0.25, -0.2) is 8.42 Å². The van der Waals surface area contributed by atoms with Gasteiger partial charge in [-0.2, -0.15) is 0 Å². The molecular weight excluding hydrogens is 372 g/mol. The lowest BCUT2D eigenvalue weighted by atomic mass is 10.2. The van der Waals surface area contributed by atoms with E-state index in [-0.39, 0.29) is 10.1 Å². The number of nitrogens with one attached hydrogen (secondary N) is 1. The number of hydrogen-bond donors (Lipinski definition) is 1. The molecule has 0 unspecified atom stereocenters. The van der Waals surface area contributed by atoms with Crippen LogP contribution >= 0.6 is 11.3 Å². The summed E-state index contributed by atoms with van der Waals surface area (Å²) in [5, 5.41) is 1.70. The quantitative estimate of drug-likeness (QED) is 0.696. The number of amides is 1. The summed E-state index contributed by atoms with van der Waals surface area (Å²) in [6.45, 7) is 2.21. The molecule has 3 rings (SSSR count). The maximum absolute atomic E-state index is 12.5. The molecule has 6 nitrogen and oxygen atoms in total. The number of rotatable bonds is 6. The maximum Gasteiger partial charge on any atom is 0.271 e. The highest BCUT2D eigenvalue weighted by molar-refractivity contribution is 7.94. The summed E-state index contributed by atoms with van der Waals surface area (Å²) in [5.74, 6) is 1.33. The fourth-order valence-corrected chi connectivity index (χ4v) is 4.45. The molecule has 136 valence electrons. The van der Waals surface area contributed by atoms with E-state index < -0.39 is 10.0 Å². The lowest BCUT2D eigenvalue weighted by Crippen LogP contribution is -2.26. The minimum Gasteiger partial charge on any atom is -0.464 e. The number of carbonyl (C=O) groups excluding carboxylic acids is 1. The van der Waals surface area contributed by atoms with Crippen molar-refractivity contribution < 1.29 is 17.6 Å². The summed E-state index contributed by atoms with van der Waals surface area (Å²) in [6.07, 6.45) is 0. The molecule has 0 atom stereocenters. The summed E-state index contributed by atoms with van der Waals surface area (Å²) < 4.78 is 32.6. The second-order valence-corrected chi connectivity index (χ2v) is 8.65. The van der Waals surface area contributed by atoms with Crippen LogP contribution in [0.4, 0.5) is 5.69 Å². The molecule has 0 aliphatic heterocycles. The van der Waals surface area contributed by atoms with Crippen molar-refractivity contribution in [3.05, 3.63) is 71.0 Å². The van der Waals surface area contributed by atoms with Gasteiger partial charge in [0.25, 0.3) is 15.9 Å². The second-order valence-electron chi connectivity index (χ2n) is 5.79. The average molecular weight is 390 g/mol. The Kier molecular flexibility index (Phi) is 5.15. The first-order valence-electron chi connectivity index (χ1n) is 7.82. The summed E-state index contributed by atoms with van der Waals surface area (Å²) in [7, 11) is -1.91. The van der Waals surface area contributed by atoms with Crippen molar-refractivity contribution in [3.63, 3.8) is 0 Å². The fourth-order valence-electron chi connectivity index (χ4n) is 2.40. The van der Waals surface area contributed by atoms with Crippen molar-refractivity contribution in [1.29, 1.82) is 0 Å². The van der Waals surface area contributed by atoms with Crippen molar-refractivity contribution in [2.45, 2.75) is 17.7 Å². The Bertz CT molecular complexity index is 990. The largest absolute Gasteiger partial charge is 0.464 e. The van der Waals surface area contributed by atoms with Gasteiger partial charge in [0.1, 0.15) is 15.7 Å². The van der Waals surface area contributed by atoms with Gasteiger partial charge in [0.15, 0.2) is 0 Å². The monoisotopic (exact) mass is 390 g/mol. The number of thiophene rings is 1. The molecule has 0 saturated carbocycles. The van der Waals surface area contributed by atoms with Crippen LogP contribution in [-0.2, 0) is 16.6 Å². The molecule has 8 heteroatoms. The van der Waals surface area contributed by atoms with Crippen LogP contribution in [0.2, 0.25) is 0 Å². The summed E-state index contributed by atoms with van der Waals surface area (Å²) in [4.78, 5) is 14.0. The molecule has 0 bridgehead atoms. The minimum atomic E-state index is -3.60. The van der Waals surface area contributed by atoms with E-state index >= 15 is 0 Å². The molecule has 2 aromatic heterocycles. The topological polar surface area (TPSA) is 79.6 Å². The van der Waals surface area contributed by atoms with E-state index in [0.29, 0.717) is 23.6 Å². The van der Waals surface area contributed by atoms with Gasteiger partial charge in [-0.3, -0.25) is 9.52 Å². The van der Waals surface area contributed by atoms with Crippen LogP contribution in [0, 0.1) is 6.92 Å². The first-order valence-corrected chi connectivity index (χ1v) is 10.2. The average Bonchev–Trinajstić information content (AvgIpc) is 3.27. The molecule has 2 heterocycles. The van der Waals surface area contributed by atoms with Crippen LogP contribution in [0.1, 0.15) is 21.9 Å². The van der Waals surface area contributed by atoms with E-state index in [9.17, 15) is 13.2 Å². The van der Waals surface area contributed by atoms with Crippen molar-refractivity contribution in [2.24, 2.45) is 0 Å². The molecule has 0 saturated heterocycles. The fraction of sp³-hybridized carbons (Fsp3) is 0.167. The Labute approximate surface area is 156 Å². The number of furan rings is 1. The first kappa shape index (κ1) is 18.2. The smallest absolute Gasteiger partial charge is 0.271 e. The number of sulfonamides is 1. The molecule has 26 heavy (non-hydrogen) atoms. The number of anilines is 1. The van der Waals surface area contributed by atoms with Crippen LogP contribution in [0.5, 0.6) is 0 Å². The Morgan fingerprint density at radius 2 is 1.88 bits per heavy atom. The zero-order valence-electron chi connectivity index (χ0n) is 14.3. The van der Waals surface area contributed by atoms with E-state index in [1.54, 1.807) is 47.7 Å². The molecule has 0 aliphatic rings. The molecule has 1 aromatic carbocycles. The Balaban J connectivity index is 1.68. The minimum absolute atomic E-state index is 0.174. The molecular formula is C18H18N2O4S2. The van der Waals surface area contributed by atoms with Gasteiger partial charge in [-0.05, 0) is 54.8 Å². The van der Waals surface area contributed by atoms with Crippen LogP contribution < -0.4 is 4.72 Å². The zero-order valence-corrected chi connectivity index (χ0v) is 15.9.